The van der Waals surface area contributed by atoms with E-state index in [2.05, 4.69) is 64.0 Å². The van der Waals surface area contributed by atoms with Crippen LogP contribution in [0, 0.1) is 5.92 Å². The second-order valence-electron chi connectivity index (χ2n) is 10.8. The quantitative estimate of drug-likeness (QED) is 0.417. The third kappa shape index (κ3) is 6.65. The number of benzene rings is 1. The number of ether oxygens (including phenoxy) is 1. The van der Waals surface area contributed by atoms with Gasteiger partial charge in [0.15, 0.2) is 0 Å². The Hall–Kier alpha value is -1.70. The smallest absolute Gasteiger partial charge is 0.306 e. The van der Waals surface area contributed by atoms with Crippen molar-refractivity contribution >= 4 is 23.2 Å². The molecule has 7 heteroatoms. The van der Waals surface area contributed by atoms with Crippen molar-refractivity contribution < 1.29 is 14.6 Å². The molecule has 32 heavy (non-hydrogen) atoms. The van der Waals surface area contributed by atoms with E-state index in [1.165, 1.54) is 0 Å². The zero-order valence-corrected chi connectivity index (χ0v) is 21.8. The van der Waals surface area contributed by atoms with Gasteiger partial charge >= 0.3 is 5.97 Å². The third-order valence-corrected chi connectivity index (χ3v) is 6.50. The average Bonchev–Trinajstić information content (AvgIpc) is 2.71. The molecule has 0 saturated carbocycles. The van der Waals surface area contributed by atoms with E-state index in [0.29, 0.717) is 31.9 Å². The number of nitrogens with zero attached hydrogens (tertiary/aromatic N) is 1. The van der Waals surface area contributed by atoms with Crippen molar-refractivity contribution in [2.75, 3.05) is 20.0 Å². The summed E-state index contributed by atoms with van der Waals surface area (Å²) in [6, 6.07) is 4.00. The fraction of sp³-hybridized carbons (Fsp3) is 0.680. The van der Waals surface area contributed by atoms with Gasteiger partial charge in [0.2, 0.25) is 0 Å². The summed E-state index contributed by atoms with van der Waals surface area (Å²) in [5.74, 6) is 0.117. The van der Waals surface area contributed by atoms with Crippen LogP contribution in [0.25, 0.3) is 0 Å². The molecular formula is C25H41N3O3S. The number of rotatable bonds is 6. The van der Waals surface area contributed by atoms with Gasteiger partial charge in [0.1, 0.15) is 11.9 Å². The fourth-order valence-electron chi connectivity index (χ4n) is 3.90. The first kappa shape index (κ1) is 26.6. The molecule has 2 rings (SSSR count). The average molecular weight is 464 g/mol. The normalized spacial score (nSPS) is 17.1. The number of nitrogens with one attached hydrogen (secondary N) is 2. The van der Waals surface area contributed by atoms with Gasteiger partial charge in [0.05, 0.1) is 18.3 Å². The van der Waals surface area contributed by atoms with Crippen LogP contribution in [0.3, 0.4) is 0 Å². The highest BCUT2D eigenvalue weighted by atomic mass is 32.1. The minimum absolute atomic E-state index is 0.0336. The van der Waals surface area contributed by atoms with Crippen molar-refractivity contribution in [3.63, 3.8) is 0 Å². The van der Waals surface area contributed by atoms with Crippen LogP contribution >= 0.6 is 12.2 Å². The Kier molecular flexibility index (Phi) is 8.70. The predicted molar refractivity (Wildman–Crippen MR) is 134 cm³/mol. The van der Waals surface area contributed by atoms with Gasteiger partial charge in [-0.25, -0.2) is 0 Å². The highest BCUT2D eigenvalue weighted by Gasteiger charge is 2.31. The van der Waals surface area contributed by atoms with E-state index in [9.17, 15) is 9.90 Å². The lowest BCUT2D eigenvalue weighted by atomic mass is 9.77. The molecule has 0 amide bonds. The number of carbonyl (C=O) groups is 1. The van der Waals surface area contributed by atoms with Crippen LogP contribution in [0.4, 0.5) is 0 Å². The van der Waals surface area contributed by atoms with Gasteiger partial charge in [-0.1, -0.05) is 67.6 Å². The van der Waals surface area contributed by atoms with Crippen molar-refractivity contribution in [1.29, 1.82) is 0 Å². The number of hydrogen-bond acceptors (Lipinski definition) is 6. The van der Waals surface area contributed by atoms with Crippen molar-refractivity contribution in [3.05, 3.63) is 28.8 Å². The Bertz CT molecular complexity index is 786. The molecule has 0 bridgehead atoms. The summed E-state index contributed by atoms with van der Waals surface area (Å²) in [4.78, 5) is 15.3. The largest absolute Gasteiger partial charge is 0.507 e. The molecule has 6 nitrogen and oxygen atoms in total. The van der Waals surface area contributed by atoms with Crippen LogP contribution in [0.15, 0.2) is 12.1 Å². The van der Waals surface area contributed by atoms with Gasteiger partial charge < -0.3 is 14.7 Å². The lowest BCUT2D eigenvalue weighted by Crippen LogP contribution is -2.53. The first-order valence-corrected chi connectivity index (χ1v) is 11.9. The molecule has 2 atom stereocenters. The van der Waals surface area contributed by atoms with Crippen molar-refractivity contribution in [3.8, 4) is 5.75 Å². The number of phenols is 1. The molecule has 0 spiro atoms. The molecule has 2 unspecified atom stereocenters. The van der Waals surface area contributed by atoms with Gasteiger partial charge in [-0.05, 0) is 46.1 Å². The number of aromatic hydroxyl groups is 1. The second-order valence-corrected chi connectivity index (χ2v) is 11.2. The molecule has 0 aromatic heterocycles. The molecule has 1 heterocycles. The van der Waals surface area contributed by atoms with Crippen LogP contribution < -0.4 is 10.6 Å². The zero-order valence-electron chi connectivity index (χ0n) is 21.0. The molecule has 3 N–H and O–H groups in total. The number of phenolic OH excluding ortho intramolecular Hbond substituents is 1. The Labute approximate surface area is 199 Å². The summed E-state index contributed by atoms with van der Waals surface area (Å²) in [5.41, 5.74) is 2.11. The molecule has 180 valence electrons. The standard InChI is InChI=1S/C25H41N3O3S/c1-9-21(29)31-20(10-16(2)23(32)28-14-26-13-27-15-28)17-11-18(24(3,4)5)22(30)19(12-17)25(6,7)8/h11-12,16,20,26-27,30H,9-10,13-15H2,1-8H3. The lowest BCUT2D eigenvalue weighted by Gasteiger charge is -2.34. The third-order valence-electron chi connectivity index (χ3n) is 5.84. The molecule has 1 aromatic carbocycles. The summed E-state index contributed by atoms with van der Waals surface area (Å²) < 4.78 is 5.94. The Morgan fingerprint density at radius 3 is 2.06 bits per heavy atom. The van der Waals surface area contributed by atoms with Gasteiger partial charge in [0, 0.05) is 19.0 Å². The Balaban J connectivity index is 2.47. The minimum atomic E-state index is -0.441. The monoisotopic (exact) mass is 463 g/mol. The molecular weight excluding hydrogens is 422 g/mol. The lowest BCUT2D eigenvalue weighted by molar-refractivity contribution is -0.149. The molecule has 1 fully saturated rings. The fourth-order valence-corrected chi connectivity index (χ4v) is 4.12. The second kappa shape index (κ2) is 10.5. The van der Waals surface area contributed by atoms with Crippen molar-refractivity contribution in [2.45, 2.75) is 85.2 Å². The van der Waals surface area contributed by atoms with Crippen molar-refractivity contribution in [2.24, 2.45) is 5.92 Å². The SMILES string of the molecule is CCC(=O)OC(CC(C)C(=S)N1CNCNC1)c1cc(C(C)(C)C)c(O)c(C(C)(C)C)c1. The highest BCUT2D eigenvalue weighted by molar-refractivity contribution is 7.80. The van der Waals surface area contributed by atoms with E-state index in [-0.39, 0.29) is 22.7 Å². The minimum Gasteiger partial charge on any atom is -0.507 e. The molecule has 1 aliphatic heterocycles. The van der Waals surface area contributed by atoms with Gasteiger partial charge in [-0.2, -0.15) is 0 Å². The van der Waals surface area contributed by atoms with E-state index in [4.69, 9.17) is 17.0 Å². The van der Waals surface area contributed by atoms with Gasteiger partial charge in [-0.15, -0.1) is 0 Å². The van der Waals surface area contributed by atoms with E-state index in [0.717, 1.165) is 28.3 Å². The first-order chi connectivity index (χ1) is 14.8. The Morgan fingerprint density at radius 2 is 1.62 bits per heavy atom. The maximum absolute atomic E-state index is 12.3. The number of thiocarbonyl (C=S) groups is 1. The predicted octanol–water partition coefficient (Wildman–Crippen LogP) is 4.70. The van der Waals surface area contributed by atoms with Crippen LogP contribution in [-0.2, 0) is 20.4 Å². The summed E-state index contributed by atoms with van der Waals surface area (Å²) in [6.45, 7) is 18.6. The summed E-state index contributed by atoms with van der Waals surface area (Å²) in [6.07, 6.45) is 0.453. The Morgan fingerprint density at radius 1 is 1.12 bits per heavy atom. The summed E-state index contributed by atoms with van der Waals surface area (Å²) >= 11 is 5.76. The topological polar surface area (TPSA) is 73.8 Å². The zero-order chi connectivity index (χ0) is 24.3. The van der Waals surface area contributed by atoms with Crippen LogP contribution in [0.5, 0.6) is 5.75 Å². The summed E-state index contributed by atoms with van der Waals surface area (Å²) in [5, 5.41) is 17.6. The molecule has 1 aromatic rings. The maximum Gasteiger partial charge on any atom is 0.306 e. The van der Waals surface area contributed by atoms with Crippen LogP contribution in [-0.4, -0.2) is 41.0 Å². The molecule has 0 radical (unpaired) electrons. The number of esters is 1. The van der Waals surface area contributed by atoms with Gasteiger partial charge in [-0.3, -0.25) is 15.4 Å². The highest BCUT2D eigenvalue weighted by Crippen LogP contribution is 2.42. The van der Waals surface area contributed by atoms with Crippen LogP contribution in [0.1, 0.15) is 91.0 Å². The van der Waals surface area contributed by atoms with E-state index >= 15 is 0 Å². The number of hydrogen-bond donors (Lipinski definition) is 3. The van der Waals surface area contributed by atoms with E-state index < -0.39 is 6.10 Å². The number of carbonyl (C=O) groups excluding carboxylic acids is 1. The first-order valence-electron chi connectivity index (χ1n) is 11.5. The van der Waals surface area contributed by atoms with Gasteiger partial charge in [0.25, 0.3) is 0 Å². The van der Waals surface area contributed by atoms with E-state index in [1.54, 1.807) is 6.92 Å². The summed E-state index contributed by atoms with van der Waals surface area (Å²) in [7, 11) is 0. The maximum atomic E-state index is 12.3. The van der Waals surface area contributed by atoms with Crippen molar-refractivity contribution in [1.82, 2.24) is 15.5 Å². The molecule has 0 aliphatic carbocycles. The van der Waals surface area contributed by atoms with E-state index in [1.807, 2.05) is 12.1 Å². The molecule has 1 saturated heterocycles. The molecule has 1 aliphatic rings. The van der Waals surface area contributed by atoms with Crippen LogP contribution in [0.2, 0.25) is 0 Å².